The fourth-order valence-electron chi connectivity index (χ4n) is 2.43. The highest BCUT2D eigenvalue weighted by Gasteiger charge is 2.39. The number of nitrogens with one attached hydrogen (secondary N) is 1. The molecule has 1 aromatic heterocycles. The van der Waals surface area contributed by atoms with Crippen molar-refractivity contribution in [2.24, 2.45) is 5.92 Å². The lowest BCUT2D eigenvalue weighted by molar-refractivity contribution is 0.0556. The van der Waals surface area contributed by atoms with E-state index in [1.54, 1.807) is 11.3 Å². The zero-order valence-corrected chi connectivity index (χ0v) is 11.8. The Balaban J connectivity index is 2.09. The van der Waals surface area contributed by atoms with Crippen LogP contribution in [-0.4, -0.2) is 36.0 Å². The molecule has 0 spiro atoms. The number of nitrogens with zero attached hydrogens (tertiary/aromatic N) is 2. The van der Waals surface area contributed by atoms with E-state index in [1.165, 1.54) is 0 Å². The SMILES string of the molecule is CNCCc1nnc(C2C(C)OC(C)C2C)s1. The van der Waals surface area contributed by atoms with Crippen LogP contribution >= 0.6 is 11.3 Å². The van der Waals surface area contributed by atoms with Gasteiger partial charge in [-0.1, -0.05) is 6.92 Å². The van der Waals surface area contributed by atoms with Gasteiger partial charge in [0, 0.05) is 18.9 Å². The van der Waals surface area contributed by atoms with Crippen molar-refractivity contribution >= 4 is 11.3 Å². The maximum absolute atomic E-state index is 5.86. The first-order valence-corrected chi connectivity index (χ1v) is 7.07. The molecule has 0 aliphatic carbocycles. The minimum absolute atomic E-state index is 0.255. The Labute approximate surface area is 107 Å². The van der Waals surface area contributed by atoms with Crippen molar-refractivity contribution in [1.82, 2.24) is 15.5 Å². The molecule has 5 heteroatoms. The Morgan fingerprint density at radius 1 is 1.24 bits per heavy atom. The van der Waals surface area contributed by atoms with Crippen molar-refractivity contribution in [2.75, 3.05) is 13.6 Å². The smallest absolute Gasteiger partial charge is 0.123 e. The number of likely N-dealkylation sites (N-methyl/N-ethyl adjacent to an activating group) is 1. The highest BCUT2D eigenvalue weighted by Crippen LogP contribution is 2.40. The van der Waals surface area contributed by atoms with Crippen molar-refractivity contribution in [1.29, 1.82) is 0 Å². The maximum atomic E-state index is 5.86. The molecule has 4 unspecified atom stereocenters. The summed E-state index contributed by atoms with van der Waals surface area (Å²) in [5.74, 6) is 0.931. The molecule has 4 atom stereocenters. The molecular weight excluding hydrogens is 234 g/mol. The van der Waals surface area contributed by atoms with Gasteiger partial charge in [0.25, 0.3) is 0 Å². The average molecular weight is 255 g/mol. The van der Waals surface area contributed by atoms with Crippen LogP contribution in [0, 0.1) is 5.92 Å². The lowest BCUT2D eigenvalue weighted by atomic mass is 9.90. The van der Waals surface area contributed by atoms with Crippen LogP contribution in [-0.2, 0) is 11.2 Å². The molecule has 4 nitrogen and oxygen atoms in total. The van der Waals surface area contributed by atoms with Gasteiger partial charge in [-0.15, -0.1) is 21.5 Å². The van der Waals surface area contributed by atoms with Crippen molar-refractivity contribution in [3.63, 3.8) is 0 Å². The summed E-state index contributed by atoms with van der Waals surface area (Å²) in [7, 11) is 1.96. The van der Waals surface area contributed by atoms with Gasteiger partial charge in [-0.2, -0.15) is 0 Å². The van der Waals surface area contributed by atoms with E-state index in [9.17, 15) is 0 Å². The molecule has 1 fully saturated rings. The summed E-state index contributed by atoms with van der Waals surface area (Å²) in [6.07, 6.45) is 1.53. The second-order valence-corrected chi connectivity index (χ2v) is 5.91. The van der Waals surface area contributed by atoms with E-state index >= 15 is 0 Å². The highest BCUT2D eigenvalue weighted by atomic mass is 32.1. The van der Waals surface area contributed by atoms with Gasteiger partial charge >= 0.3 is 0 Å². The summed E-state index contributed by atoms with van der Waals surface area (Å²) in [4.78, 5) is 0. The maximum Gasteiger partial charge on any atom is 0.123 e. The Morgan fingerprint density at radius 2 is 2.00 bits per heavy atom. The minimum atomic E-state index is 0.255. The van der Waals surface area contributed by atoms with Crippen molar-refractivity contribution in [3.05, 3.63) is 10.0 Å². The third-order valence-electron chi connectivity index (χ3n) is 3.60. The summed E-state index contributed by atoms with van der Waals surface area (Å²) in [6, 6.07) is 0. The second kappa shape index (κ2) is 5.42. The van der Waals surface area contributed by atoms with Gasteiger partial charge in [-0.25, -0.2) is 0 Å². The highest BCUT2D eigenvalue weighted by molar-refractivity contribution is 7.11. The van der Waals surface area contributed by atoms with E-state index in [1.807, 2.05) is 7.05 Å². The number of hydrogen-bond acceptors (Lipinski definition) is 5. The van der Waals surface area contributed by atoms with Crippen molar-refractivity contribution < 1.29 is 4.74 Å². The van der Waals surface area contributed by atoms with Crippen LogP contribution in [0.3, 0.4) is 0 Å². The van der Waals surface area contributed by atoms with Gasteiger partial charge in [0.1, 0.15) is 10.0 Å². The van der Waals surface area contributed by atoms with Crippen molar-refractivity contribution in [3.8, 4) is 0 Å². The third kappa shape index (κ3) is 2.67. The quantitative estimate of drug-likeness (QED) is 0.891. The molecule has 0 saturated carbocycles. The predicted octanol–water partition coefficient (Wildman–Crippen LogP) is 1.83. The topological polar surface area (TPSA) is 47.0 Å². The van der Waals surface area contributed by atoms with Crippen LogP contribution in [0.2, 0.25) is 0 Å². The molecule has 1 N–H and O–H groups in total. The van der Waals surface area contributed by atoms with Crippen LogP contribution < -0.4 is 5.32 Å². The lowest BCUT2D eigenvalue weighted by Crippen LogP contribution is -2.14. The molecule has 1 aliphatic heterocycles. The molecule has 0 radical (unpaired) electrons. The van der Waals surface area contributed by atoms with E-state index in [-0.39, 0.29) is 6.10 Å². The van der Waals surface area contributed by atoms with Crippen LogP contribution in [0.1, 0.15) is 36.7 Å². The lowest BCUT2D eigenvalue weighted by Gasteiger charge is -2.14. The number of ether oxygens (including phenoxy) is 1. The fraction of sp³-hybridized carbons (Fsp3) is 0.833. The first-order valence-electron chi connectivity index (χ1n) is 6.25. The Kier molecular flexibility index (Phi) is 4.12. The fourth-order valence-corrected chi connectivity index (χ4v) is 3.58. The van der Waals surface area contributed by atoms with Gasteiger partial charge in [0.05, 0.1) is 12.2 Å². The Bertz CT molecular complexity index is 368. The summed E-state index contributed by atoms with van der Waals surface area (Å²) in [5.41, 5.74) is 0. The molecule has 1 aromatic rings. The summed E-state index contributed by atoms with van der Waals surface area (Å²) < 4.78 is 5.86. The van der Waals surface area contributed by atoms with Crippen LogP contribution in [0.4, 0.5) is 0 Å². The van der Waals surface area contributed by atoms with Crippen LogP contribution in [0.5, 0.6) is 0 Å². The minimum Gasteiger partial charge on any atom is -0.375 e. The normalized spacial score (nSPS) is 33.2. The molecule has 0 amide bonds. The largest absolute Gasteiger partial charge is 0.375 e. The van der Waals surface area contributed by atoms with Crippen molar-refractivity contribution in [2.45, 2.75) is 45.3 Å². The van der Waals surface area contributed by atoms with E-state index < -0.39 is 0 Å². The molecule has 2 rings (SSSR count). The number of aromatic nitrogens is 2. The van der Waals surface area contributed by atoms with Gasteiger partial charge in [-0.3, -0.25) is 0 Å². The molecule has 2 heterocycles. The second-order valence-electron chi connectivity index (χ2n) is 4.82. The zero-order chi connectivity index (χ0) is 12.4. The standard InChI is InChI=1S/C12H21N3OS/c1-7-8(2)16-9(3)11(7)12-15-14-10(17-12)5-6-13-4/h7-9,11,13H,5-6H2,1-4H3. The van der Waals surface area contributed by atoms with E-state index in [0.717, 1.165) is 23.0 Å². The first-order chi connectivity index (χ1) is 8.13. The molecule has 1 aliphatic rings. The van der Waals surface area contributed by atoms with Gasteiger partial charge < -0.3 is 10.1 Å². The van der Waals surface area contributed by atoms with Gasteiger partial charge in [0.15, 0.2) is 0 Å². The summed E-state index contributed by atoms with van der Waals surface area (Å²) >= 11 is 1.74. The molecule has 17 heavy (non-hydrogen) atoms. The zero-order valence-electron chi connectivity index (χ0n) is 10.9. The average Bonchev–Trinajstić information content (AvgIpc) is 2.83. The molecule has 0 aromatic carbocycles. The van der Waals surface area contributed by atoms with E-state index in [4.69, 9.17) is 4.74 Å². The monoisotopic (exact) mass is 255 g/mol. The number of hydrogen-bond donors (Lipinski definition) is 1. The predicted molar refractivity (Wildman–Crippen MR) is 69.5 cm³/mol. The molecule has 0 bridgehead atoms. The third-order valence-corrected chi connectivity index (χ3v) is 4.68. The van der Waals surface area contributed by atoms with Crippen LogP contribution in [0.15, 0.2) is 0 Å². The van der Waals surface area contributed by atoms with Crippen LogP contribution in [0.25, 0.3) is 0 Å². The van der Waals surface area contributed by atoms with Gasteiger partial charge in [-0.05, 0) is 26.8 Å². The summed E-state index contributed by atoms with van der Waals surface area (Å²) in [6.45, 7) is 7.48. The molecule has 96 valence electrons. The Hall–Kier alpha value is -0.520. The molecular formula is C12H21N3OS. The molecule has 1 saturated heterocycles. The Morgan fingerprint density at radius 3 is 2.59 bits per heavy atom. The van der Waals surface area contributed by atoms with Gasteiger partial charge in [0.2, 0.25) is 0 Å². The van der Waals surface area contributed by atoms with E-state index in [0.29, 0.717) is 17.9 Å². The number of rotatable bonds is 4. The van der Waals surface area contributed by atoms with E-state index in [2.05, 4.69) is 36.3 Å². The summed E-state index contributed by atoms with van der Waals surface area (Å²) in [5, 5.41) is 14.0. The first kappa shape index (κ1) is 12.9.